The Kier molecular flexibility index (Phi) is 3.94. The van der Waals surface area contributed by atoms with Crippen LogP contribution in [0.2, 0.25) is 0 Å². The molecule has 0 bridgehead atoms. The van der Waals surface area contributed by atoms with Crippen LogP contribution in [0.4, 0.5) is 0 Å². The summed E-state index contributed by atoms with van der Waals surface area (Å²) in [7, 11) is 0. The molecular weight excluding hydrogens is 202 g/mol. The van der Waals surface area contributed by atoms with Crippen LogP contribution < -0.4 is 10.1 Å². The van der Waals surface area contributed by atoms with Crippen molar-refractivity contribution >= 4 is 5.78 Å². The number of hydrogen-bond acceptors (Lipinski definition) is 3. The van der Waals surface area contributed by atoms with Gasteiger partial charge in [-0.15, -0.1) is 0 Å². The topological polar surface area (TPSA) is 38.3 Å². The van der Waals surface area contributed by atoms with Crippen LogP contribution in [0.15, 0.2) is 30.3 Å². The van der Waals surface area contributed by atoms with Gasteiger partial charge in [0.25, 0.3) is 0 Å². The van der Waals surface area contributed by atoms with Gasteiger partial charge in [-0.25, -0.2) is 0 Å². The smallest absolute Gasteiger partial charge is 0.173 e. The zero-order valence-corrected chi connectivity index (χ0v) is 9.32. The molecule has 2 rings (SSSR count). The SMILES string of the molecule is O=C(COc1ccccc1)C1CCNCC1. The van der Waals surface area contributed by atoms with Crippen molar-refractivity contribution in [1.29, 1.82) is 0 Å². The Labute approximate surface area is 95.8 Å². The third-order valence-corrected chi connectivity index (χ3v) is 2.92. The maximum atomic E-state index is 11.8. The minimum Gasteiger partial charge on any atom is -0.486 e. The maximum absolute atomic E-state index is 11.8. The van der Waals surface area contributed by atoms with Gasteiger partial charge >= 0.3 is 0 Å². The van der Waals surface area contributed by atoms with Crippen molar-refractivity contribution in [2.45, 2.75) is 12.8 Å². The molecule has 1 aliphatic heterocycles. The molecule has 0 atom stereocenters. The lowest BCUT2D eigenvalue weighted by Gasteiger charge is -2.21. The Balaban J connectivity index is 1.79. The van der Waals surface area contributed by atoms with Crippen LogP contribution in [0.3, 0.4) is 0 Å². The fourth-order valence-electron chi connectivity index (χ4n) is 1.93. The van der Waals surface area contributed by atoms with Crippen LogP contribution in [0.25, 0.3) is 0 Å². The average Bonchev–Trinajstić information content (AvgIpc) is 2.38. The number of ketones is 1. The molecule has 1 saturated heterocycles. The summed E-state index contributed by atoms with van der Waals surface area (Å²) < 4.78 is 5.45. The minimum atomic E-state index is 0.185. The largest absolute Gasteiger partial charge is 0.486 e. The standard InChI is InChI=1S/C13H17NO2/c15-13(11-6-8-14-9-7-11)10-16-12-4-2-1-3-5-12/h1-5,11,14H,6-10H2. The number of Topliss-reactive ketones (excluding diaryl/α,β-unsaturated/α-hetero) is 1. The Bertz CT molecular complexity index is 331. The van der Waals surface area contributed by atoms with E-state index < -0.39 is 0 Å². The van der Waals surface area contributed by atoms with E-state index in [0.717, 1.165) is 31.7 Å². The monoisotopic (exact) mass is 219 g/mol. The van der Waals surface area contributed by atoms with E-state index in [1.54, 1.807) is 0 Å². The fraction of sp³-hybridized carbons (Fsp3) is 0.462. The number of ether oxygens (including phenoxy) is 1. The number of carbonyl (C=O) groups is 1. The lowest BCUT2D eigenvalue weighted by atomic mass is 9.94. The second-order valence-corrected chi connectivity index (χ2v) is 4.09. The van der Waals surface area contributed by atoms with Crippen molar-refractivity contribution in [3.63, 3.8) is 0 Å². The first-order valence-electron chi connectivity index (χ1n) is 5.77. The van der Waals surface area contributed by atoms with Crippen molar-refractivity contribution in [3.8, 4) is 5.75 Å². The van der Waals surface area contributed by atoms with Gasteiger partial charge in [-0.3, -0.25) is 4.79 Å². The summed E-state index contributed by atoms with van der Waals surface area (Å²) in [5.41, 5.74) is 0. The van der Waals surface area contributed by atoms with Crippen LogP contribution in [-0.4, -0.2) is 25.5 Å². The highest BCUT2D eigenvalue weighted by molar-refractivity contribution is 5.82. The van der Waals surface area contributed by atoms with Crippen molar-refractivity contribution in [3.05, 3.63) is 30.3 Å². The Morgan fingerprint density at radius 3 is 2.62 bits per heavy atom. The molecule has 1 aromatic carbocycles. The number of rotatable bonds is 4. The summed E-state index contributed by atoms with van der Waals surface area (Å²) in [6.07, 6.45) is 1.88. The quantitative estimate of drug-likeness (QED) is 0.836. The van der Waals surface area contributed by atoms with E-state index in [4.69, 9.17) is 4.74 Å². The first-order valence-corrected chi connectivity index (χ1v) is 5.77. The molecule has 1 aliphatic rings. The number of para-hydroxylation sites is 1. The molecule has 1 aromatic rings. The van der Waals surface area contributed by atoms with Gasteiger partial charge in [0, 0.05) is 5.92 Å². The van der Waals surface area contributed by atoms with E-state index in [1.165, 1.54) is 0 Å². The molecule has 3 heteroatoms. The molecule has 0 spiro atoms. The van der Waals surface area contributed by atoms with Crippen molar-refractivity contribution in [2.24, 2.45) is 5.92 Å². The molecular formula is C13H17NO2. The van der Waals surface area contributed by atoms with E-state index in [9.17, 15) is 4.79 Å². The normalized spacial score (nSPS) is 17.0. The number of carbonyl (C=O) groups excluding carboxylic acids is 1. The highest BCUT2D eigenvalue weighted by Gasteiger charge is 2.20. The van der Waals surface area contributed by atoms with Gasteiger partial charge in [0.1, 0.15) is 12.4 Å². The Morgan fingerprint density at radius 1 is 1.25 bits per heavy atom. The van der Waals surface area contributed by atoms with Gasteiger partial charge in [0.2, 0.25) is 0 Å². The molecule has 1 heterocycles. The summed E-state index contributed by atoms with van der Waals surface area (Å²) in [5, 5.41) is 3.25. The van der Waals surface area contributed by atoms with Crippen LogP contribution in [0.1, 0.15) is 12.8 Å². The molecule has 0 amide bonds. The van der Waals surface area contributed by atoms with Gasteiger partial charge in [-0.1, -0.05) is 18.2 Å². The number of benzene rings is 1. The predicted molar refractivity (Wildman–Crippen MR) is 62.5 cm³/mol. The van der Waals surface area contributed by atoms with Crippen LogP contribution in [-0.2, 0) is 4.79 Å². The predicted octanol–water partition coefficient (Wildman–Crippen LogP) is 1.63. The second-order valence-electron chi connectivity index (χ2n) is 4.09. The number of piperidine rings is 1. The van der Waals surface area contributed by atoms with E-state index in [1.807, 2.05) is 30.3 Å². The van der Waals surface area contributed by atoms with Gasteiger partial charge in [-0.05, 0) is 38.1 Å². The third kappa shape index (κ3) is 3.07. The number of hydrogen-bond donors (Lipinski definition) is 1. The second kappa shape index (κ2) is 5.66. The zero-order valence-electron chi connectivity index (χ0n) is 9.32. The lowest BCUT2D eigenvalue weighted by Crippen LogP contribution is -2.33. The summed E-state index contributed by atoms with van der Waals surface area (Å²) in [6.45, 7) is 2.10. The molecule has 0 unspecified atom stereocenters. The highest BCUT2D eigenvalue weighted by atomic mass is 16.5. The Hall–Kier alpha value is -1.35. The van der Waals surface area contributed by atoms with Gasteiger partial charge in [0.05, 0.1) is 0 Å². The molecule has 0 radical (unpaired) electrons. The highest BCUT2D eigenvalue weighted by Crippen LogP contribution is 2.14. The van der Waals surface area contributed by atoms with E-state index in [-0.39, 0.29) is 18.3 Å². The third-order valence-electron chi connectivity index (χ3n) is 2.92. The van der Waals surface area contributed by atoms with Crippen LogP contribution in [0.5, 0.6) is 5.75 Å². The fourth-order valence-corrected chi connectivity index (χ4v) is 1.93. The van der Waals surface area contributed by atoms with Gasteiger partial charge < -0.3 is 10.1 Å². The first kappa shape index (κ1) is 11.1. The molecule has 0 saturated carbocycles. The van der Waals surface area contributed by atoms with E-state index >= 15 is 0 Å². The summed E-state index contributed by atoms with van der Waals surface area (Å²) in [6, 6.07) is 9.49. The average molecular weight is 219 g/mol. The summed E-state index contributed by atoms with van der Waals surface area (Å²) in [5.74, 6) is 1.18. The summed E-state index contributed by atoms with van der Waals surface area (Å²) >= 11 is 0. The maximum Gasteiger partial charge on any atom is 0.173 e. The van der Waals surface area contributed by atoms with Gasteiger partial charge in [0.15, 0.2) is 5.78 Å². The van der Waals surface area contributed by atoms with Crippen LogP contribution >= 0.6 is 0 Å². The zero-order chi connectivity index (χ0) is 11.2. The van der Waals surface area contributed by atoms with Crippen molar-refractivity contribution < 1.29 is 9.53 Å². The molecule has 0 aliphatic carbocycles. The van der Waals surface area contributed by atoms with Gasteiger partial charge in [-0.2, -0.15) is 0 Å². The lowest BCUT2D eigenvalue weighted by molar-refractivity contribution is -0.125. The van der Waals surface area contributed by atoms with E-state index in [2.05, 4.69) is 5.32 Å². The first-order chi connectivity index (χ1) is 7.86. The summed E-state index contributed by atoms with van der Waals surface area (Å²) in [4.78, 5) is 11.8. The molecule has 0 aromatic heterocycles. The van der Waals surface area contributed by atoms with E-state index in [0.29, 0.717) is 0 Å². The molecule has 1 fully saturated rings. The molecule has 1 N–H and O–H groups in total. The van der Waals surface area contributed by atoms with Crippen molar-refractivity contribution in [1.82, 2.24) is 5.32 Å². The molecule has 3 nitrogen and oxygen atoms in total. The Morgan fingerprint density at radius 2 is 1.94 bits per heavy atom. The molecule has 16 heavy (non-hydrogen) atoms. The van der Waals surface area contributed by atoms with Crippen molar-refractivity contribution in [2.75, 3.05) is 19.7 Å². The molecule has 86 valence electrons. The number of nitrogens with one attached hydrogen (secondary N) is 1. The minimum absolute atomic E-state index is 0.185. The van der Waals surface area contributed by atoms with Crippen LogP contribution in [0, 0.1) is 5.92 Å².